The maximum atomic E-state index is 12.6. The van der Waals surface area contributed by atoms with E-state index >= 15 is 0 Å². The summed E-state index contributed by atoms with van der Waals surface area (Å²) in [7, 11) is 0. The smallest absolute Gasteiger partial charge is 0.251 e. The number of nitrogens with one attached hydrogen (secondary N) is 1. The number of aryl methyl sites for hydroxylation is 1. The van der Waals surface area contributed by atoms with Crippen LogP contribution in [0.25, 0.3) is 0 Å². The van der Waals surface area contributed by atoms with Crippen molar-refractivity contribution in [2.24, 2.45) is 0 Å². The molecule has 1 N–H and O–H groups in total. The summed E-state index contributed by atoms with van der Waals surface area (Å²) in [5, 5.41) is 3.09. The SMILES string of the molecule is Cc1nccn1Cc1ccc(C(=O)N[C@H](C)c2ccc(C(C)(C)C)cc2)cc1. The lowest BCUT2D eigenvalue weighted by Gasteiger charge is -2.20. The Morgan fingerprint density at radius 1 is 1.07 bits per heavy atom. The maximum Gasteiger partial charge on any atom is 0.251 e. The maximum absolute atomic E-state index is 12.6. The average molecular weight is 376 g/mol. The van der Waals surface area contributed by atoms with Crippen LogP contribution in [0.5, 0.6) is 0 Å². The summed E-state index contributed by atoms with van der Waals surface area (Å²) in [6.45, 7) is 11.3. The molecule has 1 amide bonds. The minimum absolute atomic E-state index is 0.0465. The van der Waals surface area contributed by atoms with E-state index in [2.05, 4.69) is 59.9 Å². The van der Waals surface area contributed by atoms with Crippen LogP contribution >= 0.6 is 0 Å². The van der Waals surface area contributed by atoms with Crippen molar-refractivity contribution < 1.29 is 4.79 Å². The van der Waals surface area contributed by atoms with Gasteiger partial charge in [0.05, 0.1) is 6.04 Å². The highest BCUT2D eigenvalue weighted by molar-refractivity contribution is 5.94. The van der Waals surface area contributed by atoms with Gasteiger partial charge in [0.15, 0.2) is 0 Å². The molecule has 0 fully saturated rings. The molecular formula is C24H29N3O. The first-order valence-electron chi connectivity index (χ1n) is 9.72. The van der Waals surface area contributed by atoms with Gasteiger partial charge in [0.1, 0.15) is 5.82 Å². The zero-order valence-electron chi connectivity index (χ0n) is 17.4. The summed E-state index contributed by atoms with van der Waals surface area (Å²) in [6, 6.07) is 16.2. The molecule has 0 saturated heterocycles. The monoisotopic (exact) mass is 375 g/mol. The fraction of sp³-hybridized carbons (Fsp3) is 0.333. The zero-order valence-corrected chi connectivity index (χ0v) is 17.4. The standard InChI is InChI=1S/C24H29N3O/c1-17(20-10-12-22(13-11-20)24(3,4)5)26-23(28)21-8-6-19(7-9-21)16-27-15-14-25-18(27)2/h6-15,17H,16H2,1-5H3,(H,26,28)/t17-/m1/s1. The Kier molecular flexibility index (Phi) is 5.68. The molecule has 1 aromatic heterocycles. The van der Waals surface area contributed by atoms with E-state index in [-0.39, 0.29) is 17.4 Å². The normalized spacial score (nSPS) is 12.6. The van der Waals surface area contributed by atoms with Gasteiger partial charge in [0, 0.05) is 24.5 Å². The summed E-state index contributed by atoms with van der Waals surface area (Å²) >= 11 is 0. The molecule has 3 aromatic rings. The molecule has 0 aliphatic rings. The molecule has 4 nitrogen and oxygen atoms in total. The number of nitrogens with zero attached hydrogens (tertiary/aromatic N) is 2. The third kappa shape index (κ3) is 4.69. The minimum atomic E-state index is -0.0576. The van der Waals surface area contributed by atoms with E-state index in [1.165, 1.54) is 5.56 Å². The molecule has 28 heavy (non-hydrogen) atoms. The average Bonchev–Trinajstić information content (AvgIpc) is 3.06. The van der Waals surface area contributed by atoms with E-state index in [4.69, 9.17) is 0 Å². The second kappa shape index (κ2) is 8.01. The van der Waals surface area contributed by atoms with Crippen molar-refractivity contribution in [3.63, 3.8) is 0 Å². The number of carbonyl (C=O) groups excluding carboxylic acids is 1. The molecule has 0 bridgehead atoms. The first-order valence-corrected chi connectivity index (χ1v) is 9.72. The lowest BCUT2D eigenvalue weighted by molar-refractivity contribution is 0.0940. The Hall–Kier alpha value is -2.88. The van der Waals surface area contributed by atoms with Gasteiger partial charge in [-0.05, 0) is 48.1 Å². The molecule has 0 unspecified atom stereocenters. The summed E-state index contributed by atoms with van der Waals surface area (Å²) < 4.78 is 2.08. The van der Waals surface area contributed by atoms with Crippen LogP contribution in [0.2, 0.25) is 0 Å². The van der Waals surface area contributed by atoms with E-state index in [1.54, 1.807) is 6.20 Å². The molecule has 0 radical (unpaired) electrons. The molecule has 1 heterocycles. The van der Waals surface area contributed by atoms with Crippen LogP contribution in [0.4, 0.5) is 0 Å². The third-order valence-electron chi connectivity index (χ3n) is 5.12. The Morgan fingerprint density at radius 2 is 1.71 bits per heavy atom. The van der Waals surface area contributed by atoms with E-state index in [1.807, 2.05) is 44.3 Å². The van der Waals surface area contributed by atoms with Crippen LogP contribution in [-0.4, -0.2) is 15.5 Å². The van der Waals surface area contributed by atoms with Gasteiger partial charge in [-0.1, -0.05) is 57.2 Å². The molecule has 0 saturated carbocycles. The second-order valence-electron chi connectivity index (χ2n) is 8.37. The van der Waals surface area contributed by atoms with E-state index in [0.29, 0.717) is 5.56 Å². The highest BCUT2D eigenvalue weighted by Crippen LogP contribution is 2.24. The van der Waals surface area contributed by atoms with Crippen LogP contribution in [0.3, 0.4) is 0 Å². The van der Waals surface area contributed by atoms with Crippen LogP contribution in [0.1, 0.15) is 66.6 Å². The van der Waals surface area contributed by atoms with Crippen molar-refractivity contribution in [1.82, 2.24) is 14.9 Å². The Labute approximate surface area is 167 Å². The van der Waals surface area contributed by atoms with Gasteiger partial charge in [-0.2, -0.15) is 0 Å². The van der Waals surface area contributed by atoms with E-state index in [0.717, 1.165) is 23.5 Å². The first-order chi connectivity index (χ1) is 13.2. The molecule has 1 atom stereocenters. The van der Waals surface area contributed by atoms with Crippen molar-refractivity contribution in [3.8, 4) is 0 Å². The molecule has 2 aromatic carbocycles. The third-order valence-corrected chi connectivity index (χ3v) is 5.12. The number of hydrogen-bond donors (Lipinski definition) is 1. The van der Waals surface area contributed by atoms with Gasteiger partial charge >= 0.3 is 0 Å². The van der Waals surface area contributed by atoms with E-state index < -0.39 is 0 Å². The first kappa shape index (κ1) is 19.9. The second-order valence-corrected chi connectivity index (χ2v) is 8.37. The highest BCUT2D eigenvalue weighted by Gasteiger charge is 2.15. The predicted molar refractivity (Wildman–Crippen MR) is 114 cm³/mol. The molecule has 0 aliphatic carbocycles. The number of benzene rings is 2. The van der Waals surface area contributed by atoms with Crippen molar-refractivity contribution in [2.45, 2.75) is 52.6 Å². The van der Waals surface area contributed by atoms with E-state index in [9.17, 15) is 4.79 Å². The van der Waals surface area contributed by atoms with Crippen molar-refractivity contribution in [2.75, 3.05) is 0 Å². The van der Waals surface area contributed by atoms with Gasteiger partial charge in [-0.15, -0.1) is 0 Å². The van der Waals surface area contributed by atoms with Crippen molar-refractivity contribution in [3.05, 3.63) is 89.0 Å². The quantitative estimate of drug-likeness (QED) is 0.680. The van der Waals surface area contributed by atoms with Gasteiger partial charge in [-0.3, -0.25) is 4.79 Å². The van der Waals surface area contributed by atoms with Gasteiger partial charge < -0.3 is 9.88 Å². The van der Waals surface area contributed by atoms with Crippen LogP contribution < -0.4 is 5.32 Å². The highest BCUT2D eigenvalue weighted by atomic mass is 16.1. The van der Waals surface area contributed by atoms with Crippen molar-refractivity contribution in [1.29, 1.82) is 0 Å². The van der Waals surface area contributed by atoms with Crippen molar-refractivity contribution >= 4 is 5.91 Å². The fourth-order valence-corrected chi connectivity index (χ4v) is 3.16. The summed E-state index contributed by atoms with van der Waals surface area (Å²) in [5.74, 6) is 0.922. The largest absolute Gasteiger partial charge is 0.346 e. The Balaban J connectivity index is 1.63. The molecular weight excluding hydrogens is 346 g/mol. The number of carbonyl (C=O) groups is 1. The fourth-order valence-electron chi connectivity index (χ4n) is 3.16. The Bertz CT molecular complexity index is 931. The number of rotatable bonds is 5. The summed E-state index contributed by atoms with van der Waals surface area (Å²) in [6.07, 6.45) is 3.76. The van der Waals surface area contributed by atoms with Gasteiger partial charge in [0.25, 0.3) is 5.91 Å². The number of hydrogen-bond acceptors (Lipinski definition) is 2. The zero-order chi connectivity index (χ0) is 20.3. The van der Waals surface area contributed by atoms with Crippen LogP contribution in [0, 0.1) is 6.92 Å². The molecule has 146 valence electrons. The molecule has 0 spiro atoms. The number of amides is 1. The molecule has 3 rings (SSSR count). The summed E-state index contributed by atoms with van der Waals surface area (Å²) in [4.78, 5) is 16.8. The van der Waals surface area contributed by atoms with Gasteiger partial charge in [-0.25, -0.2) is 4.98 Å². The number of aromatic nitrogens is 2. The van der Waals surface area contributed by atoms with Crippen LogP contribution in [-0.2, 0) is 12.0 Å². The Morgan fingerprint density at radius 3 is 2.25 bits per heavy atom. The van der Waals surface area contributed by atoms with Gasteiger partial charge in [0.2, 0.25) is 0 Å². The molecule has 0 aliphatic heterocycles. The predicted octanol–water partition coefficient (Wildman–Crippen LogP) is 5.03. The van der Waals surface area contributed by atoms with Crippen LogP contribution in [0.15, 0.2) is 60.9 Å². The minimum Gasteiger partial charge on any atom is -0.346 e. The lowest BCUT2D eigenvalue weighted by atomic mass is 9.86. The lowest BCUT2D eigenvalue weighted by Crippen LogP contribution is -2.26. The molecule has 4 heteroatoms. The summed E-state index contributed by atoms with van der Waals surface area (Å²) in [5.41, 5.74) is 4.34. The number of imidazole rings is 1. The topological polar surface area (TPSA) is 46.9 Å².